The summed E-state index contributed by atoms with van der Waals surface area (Å²) in [6.07, 6.45) is 4.67. The number of hydrogen-bond acceptors (Lipinski definition) is 7. The molecular weight excluding hydrogens is 422 g/mol. The number of rotatable bonds is 9. The molecule has 0 aliphatic rings. The number of carboxylic acid groups (broad SMARTS) is 1. The van der Waals surface area contributed by atoms with Crippen LogP contribution in [0.5, 0.6) is 0 Å². The van der Waals surface area contributed by atoms with E-state index in [9.17, 15) is 14.7 Å². The van der Waals surface area contributed by atoms with E-state index in [1.165, 1.54) is 0 Å². The molecule has 1 aromatic carbocycles. The van der Waals surface area contributed by atoms with E-state index < -0.39 is 11.6 Å². The number of nitrogens with two attached hydrogens (primary N) is 1. The molecule has 33 heavy (non-hydrogen) atoms. The first-order valence-corrected chi connectivity index (χ1v) is 11.0. The third kappa shape index (κ3) is 6.29. The summed E-state index contributed by atoms with van der Waals surface area (Å²) in [7, 11) is 0. The molecule has 0 saturated heterocycles. The van der Waals surface area contributed by atoms with Gasteiger partial charge in [-0.3, -0.25) is 4.98 Å². The highest BCUT2D eigenvalue weighted by atomic mass is 16.6. The number of aromatic carboxylic acids is 1. The summed E-state index contributed by atoms with van der Waals surface area (Å²) >= 11 is 0. The van der Waals surface area contributed by atoms with Gasteiger partial charge in [-0.1, -0.05) is 6.07 Å². The Morgan fingerprint density at radius 2 is 1.91 bits per heavy atom. The Kier molecular flexibility index (Phi) is 7.65. The predicted molar refractivity (Wildman–Crippen MR) is 129 cm³/mol. The lowest BCUT2D eigenvalue weighted by atomic mass is 10.1. The highest BCUT2D eigenvalue weighted by Crippen LogP contribution is 2.29. The highest BCUT2D eigenvalue weighted by molar-refractivity contribution is 6.10. The molecule has 1 amide bonds. The van der Waals surface area contributed by atoms with Crippen molar-refractivity contribution in [1.29, 1.82) is 0 Å². The molecule has 2 aromatic heterocycles. The second-order valence-corrected chi connectivity index (χ2v) is 8.81. The van der Waals surface area contributed by atoms with Crippen molar-refractivity contribution in [2.24, 2.45) is 5.73 Å². The molecule has 0 atom stereocenters. The Labute approximate surface area is 192 Å². The van der Waals surface area contributed by atoms with Crippen LogP contribution in [0, 0.1) is 0 Å². The van der Waals surface area contributed by atoms with Gasteiger partial charge in [0.2, 0.25) is 0 Å². The van der Waals surface area contributed by atoms with E-state index in [0.717, 1.165) is 29.0 Å². The van der Waals surface area contributed by atoms with Crippen LogP contribution in [0.2, 0.25) is 0 Å². The van der Waals surface area contributed by atoms with Crippen LogP contribution < -0.4 is 11.1 Å². The molecule has 0 radical (unpaired) electrons. The lowest BCUT2D eigenvalue weighted by Crippen LogP contribution is -2.40. The fraction of sp³-hybridized carbons (Fsp3) is 0.417. The number of nitrogens with zero attached hydrogens (tertiary/aromatic N) is 3. The standard InChI is InChI=1S/C24H31N5O4/c1-24(2,3)33-23(32)29(12-5-4-9-25)13-11-27-21-18-8-10-26-15-19(18)17-7-6-16(22(30)31)14-20(17)28-21/h6-8,10,14-15H,4-5,9,11-13,25H2,1-3H3,(H,27,28)(H,30,31). The summed E-state index contributed by atoms with van der Waals surface area (Å²) in [5, 5.41) is 15.2. The SMILES string of the molecule is CC(C)(C)OC(=O)N(CCCCN)CCNc1nc2cc(C(=O)O)ccc2c2cnccc12. The van der Waals surface area contributed by atoms with Gasteiger partial charge in [-0.05, 0) is 58.4 Å². The van der Waals surface area contributed by atoms with Crippen molar-refractivity contribution in [3.05, 3.63) is 42.2 Å². The molecule has 9 heteroatoms. The quantitative estimate of drug-likeness (QED) is 0.329. The zero-order valence-corrected chi connectivity index (χ0v) is 19.3. The van der Waals surface area contributed by atoms with Crippen LogP contribution in [0.15, 0.2) is 36.7 Å². The number of hydrogen-bond donors (Lipinski definition) is 3. The molecule has 0 fully saturated rings. The van der Waals surface area contributed by atoms with Crippen LogP contribution in [-0.4, -0.2) is 63.8 Å². The zero-order chi connectivity index (χ0) is 24.0. The minimum absolute atomic E-state index is 0.167. The molecule has 0 saturated carbocycles. The minimum atomic E-state index is -1.01. The van der Waals surface area contributed by atoms with Gasteiger partial charge in [-0.15, -0.1) is 0 Å². The number of pyridine rings is 2. The van der Waals surface area contributed by atoms with Crippen LogP contribution >= 0.6 is 0 Å². The van der Waals surface area contributed by atoms with E-state index in [1.54, 1.807) is 35.5 Å². The third-order valence-corrected chi connectivity index (χ3v) is 5.05. The topological polar surface area (TPSA) is 131 Å². The van der Waals surface area contributed by atoms with E-state index in [0.29, 0.717) is 37.5 Å². The molecule has 3 rings (SSSR count). The molecule has 4 N–H and O–H groups in total. The summed E-state index contributed by atoms with van der Waals surface area (Å²) < 4.78 is 5.55. The number of carbonyl (C=O) groups is 2. The zero-order valence-electron chi connectivity index (χ0n) is 19.3. The van der Waals surface area contributed by atoms with Crippen LogP contribution in [0.4, 0.5) is 10.6 Å². The smallest absolute Gasteiger partial charge is 0.410 e. The molecule has 0 bridgehead atoms. The lowest BCUT2D eigenvalue weighted by molar-refractivity contribution is 0.0254. The van der Waals surface area contributed by atoms with Crippen molar-refractivity contribution >= 4 is 39.6 Å². The fourth-order valence-corrected chi connectivity index (χ4v) is 3.49. The predicted octanol–water partition coefficient (Wildman–Crippen LogP) is 3.87. The van der Waals surface area contributed by atoms with Crippen molar-refractivity contribution in [1.82, 2.24) is 14.9 Å². The van der Waals surface area contributed by atoms with Gasteiger partial charge in [0.1, 0.15) is 11.4 Å². The van der Waals surface area contributed by atoms with Crippen molar-refractivity contribution < 1.29 is 19.4 Å². The average Bonchev–Trinajstić information content (AvgIpc) is 2.76. The third-order valence-electron chi connectivity index (χ3n) is 5.05. The number of carboxylic acids is 1. The van der Waals surface area contributed by atoms with Gasteiger partial charge in [-0.2, -0.15) is 0 Å². The van der Waals surface area contributed by atoms with E-state index in [4.69, 9.17) is 10.5 Å². The number of anilines is 1. The van der Waals surface area contributed by atoms with Gasteiger partial charge in [-0.25, -0.2) is 14.6 Å². The fourth-order valence-electron chi connectivity index (χ4n) is 3.49. The first kappa shape index (κ1) is 24.2. The molecule has 2 heterocycles. The lowest BCUT2D eigenvalue weighted by Gasteiger charge is -2.27. The first-order valence-electron chi connectivity index (χ1n) is 11.0. The van der Waals surface area contributed by atoms with E-state index in [2.05, 4.69) is 15.3 Å². The van der Waals surface area contributed by atoms with E-state index >= 15 is 0 Å². The maximum absolute atomic E-state index is 12.6. The van der Waals surface area contributed by atoms with Gasteiger partial charge in [0.25, 0.3) is 0 Å². The van der Waals surface area contributed by atoms with Crippen LogP contribution in [0.1, 0.15) is 44.0 Å². The number of fused-ring (bicyclic) bond motifs is 3. The number of benzene rings is 1. The molecule has 0 unspecified atom stereocenters. The Morgan fingerprint density at radius 1 is 1.12 bits per heavy atom. The number of nitrogens with one attached hydrogen (secondary N) is 1. The molecule has 3 aromatic rings. The Bertz CT molecular complexity index is 1140. The number of aromatic nitrogens is 2. The largest absolute Gasteiger partial charge is 0.478 e. The number of carbonyl (C=O) groups excluding carboxylic acids is 1. The van der Waals surface area contributed by atoms with Gasteiger partial charge in [0, 0.05) is 48.2 Å². The first-order chi connectivity index (χ1) is 15.7. The van der Waals surface area contributed by atoms with Crippen LogP contribution in [0.25, 0.3) is 21.7 Å². The molecule has 0 aliphatic carbocycles. The molecule has 0 spiro atoms. The van der Waals surface area contributed by atoms with Crippen LogP contribution in [0.3, 0.4) is 0 Å². The van der Waals surface area contributed by atoms with Gasteiger partial charge < -0.3 is 25.8 Å². The Morgan fingerprint density at radius 3 is 2.61 bits per heavy atom. The Balaban J connectivity index is 1.83. The van der Waals surface area contributed by atoms with Gasteiger partial charge in [0.15, 0.2) is 0 Å². The average molecular weight is 454 g/mol. The maximum Gasteiger partial charge on any atom is 0.410 e. The number of ether oxygens (including phenoxy) is 1. The van der Waals surface area contributed by atoms with Crippen molar-refractivity contribution in [2.75, 3.05) is 31.5 Å². The van der Waals surface area contributed by atoms with E-state index in [-0.39, 0.29) is 11.7 Å². The Hall–Kier alpha value is -3.46. The number of unbranched alkanes of at least 4 members (excludes halogenated alkanes) is 1. The maximum atomic E-state index is 12.6. The number of amides is 1. The van der Waals surface area contributed by atoms with Crippen molar-refractivity contribution in [2.45, 2.75) is 39.2 Å². The van der Waals surface area contributed by atoms with E-state index in [1.807, 2.05) is 26.8 Å². The monoisotopic (exact) mass is 453 g/mol. The van der Waals surface area contributed by atoms with Crippen LogP contribution in [-0.2, 0) is 4.74 Å². The molecular formula is C24H31N5O4. The summed E-state index contributed by atoms with van der Waals surface area (Å²) in [5.74, 6) is -0.404. The van der Waals surface area contributed by atoms with Gasteiger partial charge in [0.05, 0.1) is 11.1 Å². The highest BCUT2D eigenvalue weighted by Gasteiger charge is 2.22. The summed E-state index contributed by atoms with van der Waals surface area (Å²) in [4.78, 5) is 34.6. The summed E-state index contributed by atoms with van der Waals surface area (Å²) in [6.45, 7) is 7.49. The van der Waals surface area contributed by atoms with Crippen molar-refractivity contribution in [3.63, 3.8) is 0 Å². The second kappa shape index (κ2) is 10.4. The summed E-state index contributed by atoms with van der Waals surface area (Å²) in [6, 6.07) is 6.73. The molecule has 176 valence electrons. The summed E-state index contributed by atoms with van der Waals surface area (Å²) in [5.41, 5.74) is 5.74. The van der Waals surface area contributed by atoms with Crippen molar-refractivity contribution in [3.8, 4) is 0 Å². The molecule has 9 nitrogen and oxygen atoms in total. The minimum Gasteiger partial charge on any atom is -0.478 e. The second-order valence-electron chi connectivity index (χ2n) is 8.81. The molecule has 0 aliphatic heterocycles. The normalized spacial score (nSPS) is 11.5. The van der Waals surface area contributed by atoms with Gasteiger partial charge >= 0.3 is 12.1 Å².